The molecule has 0 aliphatic heterocycles. The molecule has 1 rings (SSSR count). The summed E-state index contributed by atoms with van der Waals surface area (Å²) in [4.78, 5) is 0.641. The van der Waals surface area contributed by atoms with Crippen molar-refractivity contribution in [2.24, 2.45) is 5.92 Å². The lowest BCUT2D eigenvalue weighted by Crippen LogP contribution is -2.08. The van der Waals surface area contributed by atoms with E-state index in [1.54, 1.807) is 0 Å². The molecule has 0 N–H and O–H groups in total. The highest BCUT2D eigenvalue weighted by molar-refractivity contribution is 9.09. The molecule has 0 spiro atoms. The molecule has 1 heteroatoms. The van der Waals surface area contributed by atoms with Crippen molar-refractivity contribution in [3.05, 3.63) is 35.4 Å². The van der Waals surface area contributed by atoms with Gasteiger partial charge in [0.1, 0.15) is 0 Å². The van der Waals surface area contributed by atoms with Gasteiger partial charge >= 0.3 is 0 Å². The number of benzene rings is 1. The number of hydrogen-bond donors (Lipinski definition) is 0. The molecular weight excluding hydrogens is 260 g/mol. The summed E-state index contributed by atoms with van der Waals surface area (Å²) in [5.41, 5.74) is 2.96. The predicted octanol–water partition coefficient (Wildman–Crippen LogP) is 4.99. The van der Waals surface area contributed by atoms with Gasteiger partial charge < -0.3 is 0 Å². The minimum absolute atomic E-state index is 0.641. The first-order chi connectivity index (χ1) is 7.63. The lowest BCUT2D eigenvalue weighted by atomic mass is 10.00. The minimum Gasteiger partial charge on any atom is -0.0888 e. The Kier molecular flexibility index (Phi) is 6.12. The first-order valence-corrected chi connectivity index (χ1v) is 7.27. The van der Waals surface area contributed by atoms with Crippen LogP contribution in [0.1, 0.15) is 44.7 Å². The molecule has 1 aromatic carbocycles. The quantitative estimate of drug-likeness (QED) is 0.645. The Morgan fingerprint density at radius 1 is 1.12 bits per heavy atom. The topological polar surface area (TPSA) is 0 Å². The van der Waals surface area contributed by atoms with Gasteiger partial charge in [-0.2, -0.15) is 0 Å². The molecule has 0 aliphatic rings. The van der Waals surface area contributed by atoms with Crippen molar-refractivity contribution in [2.75, 3.05) is 0 Å². The van der Waals surface area contributed by atoms with Crippen molar-refractivity contribution in [1.82, 2.24) is 0 Å². The third-order valence-electron chi connectivity index (χ3n) is 2.96. The molecule has 1 unspecified atom stereocenters. The maximum atomic E-state index is 3.75. The van der Waals surface area contributed by atoms with Crippen molar-refractivity contribution < 1.29 is 0 Å². The number of rotatable bonds is 6. The second-order valence-electron chi connectivity index (χ2n) is 4.87. The van der Waals surface area contributed by atoms with Crippen LogP contribution in [-0.4, -0.2) is 4.83 Å². The van der Waals surface area contributed by atoms with Gasteiger partial charge in [0.2, 0.25) is 0 Å². The zero-order valence-corrected chi connectivity index (χ0v) is 12.3. The zero-order chi connectivity index (χ0) is 12.0. The number of aryl methyl sites for hydroxylation is 2. The van der Waals surface area contributed by atoms with Crippen molar-refractivity contribution in [1.29, 1.82) is 0 Å². The van der Waals surface area contributed by atoms with Crippen LogP contribution >= 0.6 is 15.9 Å². The Hall–Kier alpha value is -0.300. The van der Waals surface area contributed by atoms with Crippen LogP contribution in [0, 0.1) is 5.92 Å². The van der Waals surface area contributed by atoms with Crippen LogP contribution < -0.4 is 0 Å². The van der Waals surface area contributed by atoms with Crippen LogP contribution in [0.3, 0.4) is 0 Å². The van der Waals surface area contributed by atoms with Crippen molar-refractivity contribution >= 4 is 15.9 Å². The SMILES string of the molecule is CCCc1cccc(CCC(Br)C(C)C)c1. The second-order valence-corrected chi connectivity index (χ2v) is 6.04. The van der Waals surface area contributed by atoms with E-state index in [1.807, 2.05) is 0 Å². The molecule has 0 fully saturated rings. The Labute approximate surface area is 109 Å². The molecule has 0 aliphatic carbocycles. The molecule has 0 saturated carbocycles. The van der Waals surface area contributed by atoms with Crippen LogP contribution in [0.2, 0.25) is 0 Å². The smallest absolute Gasteiger partial charge is 0.0172 e. The number of alkyl halides is 1. The van der Waals surface area contributed by atoms with E-state index in [-0.39, 0.29) is 0 Å². The van der Waals surface area contributed by atoms with Gasteiger partial charge in [-0.3, -0.25) is 0 Å². The monoisotopic (exact) mass is 282 g/mol. The summed E-state index contributed by atoms with van der Waals surface area (Å²) < 4.78 is 0. The van der Waals surface area contributed by atoms with Gasteiger partial charge in [-0.05, 0) is 36.3 Å². The predicted molar refractivity (Wildman–Crippen MR) is 76.3 cm³/mol. The maximum absolute atomic E-state index is 3.75. The summed E-state index contributed by atoms with van der Waals surface area (Å²) in [7, 11) is 0. The number of halogens is 1. The largest absolute Gasteiger partial charge is 0.0888 e. The van der Waals surface area contributed by atoms with Gasteiger partial charge in [0.05, 0.1) is 0 Å². The molecule has 0 heterocycles. The van der Waals surface area contributed by atoms with Crippen molar-refractivity contribution in [3.63, 3.8) is 0 Å². The summed E-state index contributed by atoms with van der Waals surface area (Å²) in [6.45, 7) is 6.78. The Morgan fingerprint density at radius 2 is 1.75 bits per heavy atom. The third-order valence-corrected chi connectivity index (χ3v) is 4.48. The van der Waals surface area contributed by atoms with Crippen LogP contribution in [0.5, 0.6) is 0 Å². The molecule has 0 saturated heterocycles. The molecule has 0 nitrogen and oxygen atoms in total. The van der Waals surface area contributed by atoms with E-state index in [1.165, 1.54) is 36.8 Å². The average molecular weight is 283 g/mol. The van der Waals surface area contributed by atoms with Gasteiger partial charge in [-0.15, -0.1) is 0 Å². The van der Waals surface area contributed by atoms with E-state index in [2.05, 4.69) is 61.0 Å². The fraction of sp³-hybridized carbons (Fsp3) is 0.600. The van der Waals surface area contributed by atoms with E-state index >= 15 is 0 Å². The number of hydrogen-bond acceptors (Lipinski definition) is 0. The second kappa shape index (κ2) is 7.11. The van der Waals surface area contributed by atoms with Crippen molar-refractivity contribution in [3.8, 4) is 0 Å². The van der Waals surface area contributed by atoms with E-state index in [0.29, 0.717) is 4.83 Å². The minimum atomic E-state index is 0.641. The Bertz CT molecular complexity index is 304. The zero-order valence-electron chi connectivity index (χ0n) is 10.7. The highest BCUT2D eigenvalue weighted by atomic mass is 79.9. The molecule has 0 aromatic heterocycles. The summed E-state index contributed by atoms with van der Waals surface area (Å²) in [5, 5.41) is 0. The molecule has 0 radical (unpaired) electrons. The van der Waals surface area contributed by atoms with Gasteiger partial charge in [0.15, 0.2) is 0 Å². The van der Waals surface area contributed by atoms with E-state index in [4.69, 9.17) is 0 Å². The average Bonchev–Trinajstić information content (AvgIpc) is 2.26. The maximum Gasteiger partial charge on any atom is 0.0172 e. The lowest BCUT2D eigenvalue weighted by molar-refractivity contribution is 0.581. The van der Waals surface area contributed by atoms with Crippen LogP contribution in [0.25, 0.3) is 0 Å². The molecule has 90 valence electrons. The molecule has 16 heavy (non-hydrogen) atoms. The van der Waals surface area contributed by atoms with E-state index < -0.39 is 0 Å². The fourth-order valence-corrected chi connectivity index (χ4v) is 2.10. The van der Waals surface area contributed by atoms with Gasteiger partial charge in [-0.25, -0.2) is 0 Å². The summed E-state index contributed by atoms with van der Waals surface area (Å²) in [6.07, 6.45) is 4.85. The summed E-state index contributed by atoms with van der Waals surface area (Å²) in [5.74, 6) is 0.721. The standard InChI is InChI=1S/C15H23Br/c1-4-6-13-7-5-8-14(11-13)9-10-15(16)12(2)3/h5,7-8,11-12,15H,4,6,9-10H2,1-3H3. The third kappa shape index (κ3) is 4.69. The van der Waals surface area contributed by atoms with E-state index in [0.717, 1.165) is 5.92 Å². The first kappa shape index (κ1) is 13.8. The van der Waals surface area contributed by atoms with Gasteiger partial charge in [-0.1, -0.05) is 67.4 Å². The molecule has 1 atom stereocenters. The van der Waals surface area contributed by atoms with Gasteiger partial charge in [0, 0.05) is 4.83 Å². The van der Waals surface area contributed by atoms with Crippen LogP contribution in [0.15, 0.2) is 24.3 Å². The Morgan fingerprint density at radius 3 is 2.31 bits per heavy atom. The fourth-order valence-electron chi connectivity index (χ4n) is 1.87. The van der Waals surface area contributed by atoms with Crippen LogP contribution in [0.4, 0.5) is 0 Å². The highest BCUT2D eigenvalue weighted by Gasteiger charge is 2.08. The molecule has 0 bridgehead atoms. The van der Waals surface area contributed by atoms with Gasteiger partial charge in [0.25, 0.3) is 0 Å². The first-order valence-electron chi connectivity index (χ1n) is 6.35. The summed E-state index contributed by atoms with van der Waals surface area (Å²) >= 11 is 3.75. The molecule has 0 amide bonds. The van der Waals surface area contributed by atoms with E-state index in [9.17, 15) is 0 Å². The molecular formula is C15H23Br. The normalized spacial score (nSPS) is 13.1. The lowest BCUT2D eigenvalue weighted by Gasteiger charge is -2.13. The Balaban J connectivity index is 2.50. The highest BCUT2D eigenvalue weighted by Crippen LogP contribution is 2.19. The summed E-state index contributed by atoms with van der Waals surface area (Å²) in [6, 6.07) is 9.04. The molecule has 1 aromatic rings. The van der Waals surface area contributed by atoms with Crippen molar-refractivity contribution in [2.45, 2.75) is 51.3 Å². The van der Waals surface area contributed by atoms with Crippen LogP contribution in [-0.2, 0) is 12.8 Å².